The molecule has 3 heterocycles. The second-order valence-electron chi connectivity index (χ2n) is 11.0. The summed E-state index contributed by atoms with van der Waals surface area (Å²) in [5, 5.41) is 15.2. The van der Waals surface area contributed by atoms with Crippen molar-refractivity contribution in [2.75, 3.05) is 13.1 Å². The molecule has 5 aromatic carbocycles. The van der Waals surface area contributed by atoms with E-state index in [0.29, 0.717) is 33.9 Å². The number of benzene rings is 5. The summed E-state index contributed by atoms with van der Waals surface area (Å²) < 4.78 is 46.7. The number of aryl methyl sites for hydroxylation is 2. The number of ether oxygens (including phenoxy) is 1. The molecule has 41 heavy (non-hydrogen) atoms. The highest BCUT2D eigenvalue weighted by atomic mass is 32.2. The molecule has 0 fully saturated rings. The average molecular weight is 559 g/mol. The van der Waals surface area contributed by atoms with Crippen LogP contribution in [-0.2, 0) is 23.0 Å². The fourth-order valence-corrected chi connectivity index (χ4v) is 7.73. The zero-order valence-electron chi connectivity index (χ0n) is 22.1. The second-order valence-corrected chi connectivity index (χ2v) is 12.3. The zero-order chi connectivity index (χ0) is 27.9. The number of diazo groups is 1. The van der Waals surface area contributed by atoms with Crippen molar-refractivity contribution in [3.63, 3.8) is 0 Å². The number of hydrogen-bond acceptors (Lipinski definition) is 5. The Morgan fingerprint density at radius 3 is 2.46 bits per heavy atom. The van der Waals surface area contributed by atoms with Crippen LogP contribution in [0.2, 0.25) is 0 Å². The Labute approximate surface area is 236 Å². The van der Waals surface area contributed by atoms with Crippen molar-refractivity contribution in [3.8, 4) is 11.5 Å². The number of fused-ring (bicyclic) bond motifs is 7. The molecule has 0 spiro atoms. The summed E-state index contributed by atoms with van der Waals surface area (Å²) in [6, 6.07) is 21.8. The van der Waals surface area contributed by atoms with Crippen molar-refractivity contribution in [3.05, 3.63) is 111 Å². The van der Waals surface area contributed by atoms with Crippen molar-refractivity contribution in [2.24, 2.45) is 0 Å². The Kier molecular flexibility index (Phi) is 5.15. The Morgan fingerprint density at radius 1 is 0.829 bits per heavy atom. The standard InChI is InChI=1S/C33H24N3O4S/c34-35-21-10-12-22-19(17-21)9-11-26-30(25-6-1-2-8-29(25)41(37,38)39)27-14-13-23-24-7-4-16-36-15-3-5-20(31(24)36)18-28(23)33(27)40-32(22)26/h1-2,6,8-14,17-18H,3-5,7,15-16H2/q+1. The largest absolute Gasteiger partial charge is 0.744 e. The molecule has 7 nitrogen and oxygen atoms in total. The fourth-order valence-electron chi connectivity index (χ4n) is 7.04. The topological polar surface area (TPSA) is 97.6 Å². The third-order valence-electron chi connectivity index (χ3n) is 8.71. The third kappa shape index (κ3) is 3.56. The molecule has 200 valence electrons. The molecule has 0 aliphatic carbocycles. The van der Waals surface area contributed by atoms with E-state index < -0.39 is 10.1 Å². The molecule has 0 unspecified atom stereocenters. The average Bonchev–Trinajstić information content (AvgIpc) is 2.99. The van der Waals surface area contributed by atoms with E-state index in [1.807, 2.05) is 24.3 Å². The second kappa shape index (κ2) is 8.71. The summed E-state index contributed by atoms with van der Waals surface area (Å²) in [4.78, 5) is 3.07. The van der Waals surface area contributed by atoms with Crippen LogP contribution >= 0.6 is 0 Å². The maximum atomic E-state index is 12.5. The molecular formula is C33H24N3O4S+. The molecule has 5 aromatic rings. The van der Waals surface area contributed by atoms with Crippen molar-refractivity contribution < 1.29 is 17.7 Å². The minimum Gasteiger partial charge on any atom is -0.744 e. The van der Waals surface area contributed by atoms with Gasteiger partial charge in [0.25, 0.3) is 0 Å². The maximum absolute atomic E-state index is 12.5. The van der Waals surface area contributed by atoms with Gasteiger partial charge in [0.05, 0.1) is 4.90 Å². The highest BCUT2D eigenvalue weighted by molar-refractivity contribution is 7.85. The molecule has 0 amide bonds. The van der Waals surface area contributed by atoms with Gasteiger partial charge in [-0.2, -0.15) is 0 Å². The predicted octanol–water partition coefficient (Wildman–Crippen LogP) is 5.12. The third-order valence-corrected chi connectivity index (χ3v) is 9.61. The summed E-state index contributed by atoms with van der Waals surface area (Å²) in [5.74, 6) is 1.24. The van der Waals surface area contributed by atoms with Crippen LogP contribution in [0.3, 0.4) is 0 Å². The number of rotatable bonds is 2. The molecule has 0 saturated heterocycles. The minimum atomic E-state index is -4.76. The van der Waals surface area contributed by atoms with E-state index >= 15 is 0 Å². The molecule has 3 aliphatic heterocycles. The lowest BCUT2D eigenvalue weighted by atomic mass is 9.87. The first-order valence-corrected chi connectivity index (χ1v) is 15.2. The first-order valence-electron chi connectivity index (χ1n) is 13.8. The van der Waals surface area contributed by atoms with Crippen LogP contribution in [0, 0.1) is 5.39 Å². The quantitative estimate of drug-likeness (QED) is 0.167. The van der Waals surface area contributed by atoms with Crippen molar-refractivity contribution in [1.29, 1.82) is 5.39 Å². The molecule has 8 rings (SSSR count). The molecule has 0 saturated carbocycles. The molecule has 0 radical (unpaired) electrons. The summed E-state index contributed by atoms with van der Waals surface area (Å²) in [6.45, 7) is 2.15. The van der Waals surface area contributed by atoms with Gasteiger partial charge in [-0.1, -0.05) is 30.3 Å². The molecule has 0 N–H and O–H groups in total. The van der Waals surface area contributed by atoms with Crippen LogP contribution in [0.25, 0.3) is 32.1 Å². The molecule has 0 aromatic heterocycles. The van der Waals surface area contributed by atoms with E-state index in [1.54, 1.807) is 30.3 Å². The minimum absolute atomic E-state index is 0.264. The Hall–Kier alpha value is -4.58. The van der Waals surface area contributed by atoms with Crippen molar-refractivity contribution in [2.45, 2.75) is 30.6 Å². The highest BCUT2D eigenvalue weighted by Crippen LogP contribution is 2.45. The van der Waals surface area contributed by atoms with Gasteiger partial charge >= 0.3 is 5.69 Å². The summed E-state index contributed by atoms with van der Waals surface area (Å²) >= 11 is 0. The molecule has 8 heteroatoms. The monoisotopic (exact) mass is 558 g/mol. The summed E-state index contributed by atoms with van der Waals surface area (Å²) in [7, 11) is -4.76. The van der Waals surface area contributed by atoms with Gasteiger partial charge in [-0.05, 0) is 53.9 Å². The fraction of sp³-hybridized carbons (Fsp3) is 0.182. The van der Waals surface area contributed by atoms with Crippen LogP contribution in [-0.4, -0.2) is 26.1 Å². The highest BCUT2D eigenvalue weighted by Gasteiger charge is 2.30. The predicted molar refractivity (Wildman–Crippen MR) is 156 cm³/mol. The maximum Gasteiger partial charge on any atom is 0.385 e. The van der Waals surface area contributed by atoms with Gasteiger partial charge in [-0.15, -0.1) is 0 Å². The summed E-state index contributed by atoms with van der Waals surface area (Å²) in [6.07, 6.45) is 4.20. The number of hydrogen-bond donors (Lipinski definition) is 0. The Morgan fingerprint density at radius 2 is 1.63 bits per heavy atom. The van der Waals surface area contributed by atoms with Gasteiger partial charge in [0.15, 0.2) is 4.98 Å². The van der Waals surface area contributed by atoms with Crippen LogP contribution in [0.1, 0.15) is 35.1 Å². The van der Waals surface area contributed by atoms with Crippen molar-refractivity contribution in [1.82, 2.24) is 4.58 Å². The zero-order valence-corrected chi connectivity index (χ0v) is 22.9. The van der Waals surface area contributed by atoms with E-state index in [0.717, 1.165) is 65.5 Å². The van der Waals surface area contributed by atoms with Crippen LogP contribution in [0.4, 0.5) is 5.69 Å². The van der Waals surface area contributed by atoms with E-state index in [9.17, 15) is 18.4 Å². The molecular weight excluding hydrogens is 534 g/mol. The van der Waals surface area contributed by atoms with Gasteiger partial charge in [0.1, 0.15) is 34.7 Å². The lowest BCUT2D eigenvalue weighted by Gasteiger charge is -2.26. The summed E-state index contributed by atoms with van der Waals surface area (Å²) in [5.41, 5.74) is 4.76. The lowest BCUT2D eigenvalue weighted by Crippen LogP contribution is -2.43. The first-order chi connectivity index (χ1) is 19.9. The molecule has 3 aliphatic rings. The van der Waals surface area contributed by atoms with E-state index in [-0.39, 0.29) is 4.90 Å². The smallest absolute Gasteiger partial charge is 0.385 e. The van der Waals surface area contributed by atoms with Gasteiger partial charge in [0.2, 0.25) is 10.8 Å². The Balaban J connectivity index is 1.55. The SMILES string of the molecule is N#[N+]c1ccc2c3c(ccc2c1)C(c1ccccc1S(=O)(=O)[O-])=c1ccc2c4c5c(cc2c1O3)CCC[N+]=5CCC4. The Bertz CT molecular complexity index is 2280. The van der Waals surface area contributed by atoms with Crippen LogP contribution in [0.15, 0.2) is 77.7 Å². The number of nitrogens with zero attached hydrogens (tertiary/aromatic N) is 3. The van der Waals surface area contributed by atoms with E-state index in [4.69, 9.17) is 4.74 Å². The van der Waals surface area contributed by atoms with Gasteiger partial charge in [-0.3, -0.25) is 0 Å². The lowest BCUT2D eigenvalue weighted by molar-refractivity contribution is 0.462. The van der Waals surface area contributed by atoms with Crippen molar-refractivity contribution >= 4 is 42.9 Å². The van der Waals surface area contributed by atoms with Crippen LogP contribution < -0.4 is 19.9 Å². The molecule has 0 atom stereocenters. The first kappa shape index (κ1) is 24.2. The van der Waals surface area contributed by atoms with E-state index in [1.165, 1.54) is 22.6 Å². The van der Waals surface area contributed by atoms with Gasteiger partial charge < -0.3 is 9.29 Å². The van der Waals surface area contributed by atoms with E-state index in [2.05, 4.69) is 21.7 Å². The molecule has 0 bridgehead atoms. The van der Waals surface area contributed by atoms with Gasteiger partial charge in [0, 0.05) is 68.8 Å². The normalized spacial score (nSPS) is 15.6. The van der Waals surface area contributed by atoms with Crippen LogP contribution in [0.5, 0.6) is 11.5 Å². The van der Waals surface area contributed by atoms with Gasteiger partial charge in [-0.25, -0.2) is 13.0 Å².